The number of carbonyl (C=O) groups is 1. The van der Waals surface area contributed by atoms with Crippen LogP contribution < -0.4 is 10.1 Å². The fraction of sp³-hybridized carbons (Fsp3) is 0.533. The maximum absolute atomic E-state index is 13.4. The summed E-state index contributed by atoms with van der Waals surface area (Å²) >= 11 is 0. The van der Waals surface area contributed by atoms with Gasteiger partial charge in [0.2, 0.25) is 0 Å². The van der Waals surface area contributed by atoms with Gasteiger partial charge in [-0.3, -0.25) is 10.1 Å². The van der Waals surface area contributed by atoms with Gasteiger partial charge in [0, 0.05) is 12.1 Å². The van der Waals surface area contributed by atoms with E-state index in [0.717, 1.165) is 12.8 Å². The van der Waals surface area contributed by atoms with Crippen molar-refractivity contribution in [1.82, 2.24) is 5.32 Å². The molecule has 20 heavy (non-hydrogen) atoms. The van der Waals surface area contributed by atoms with E-state index < -0.39 is 6.04 Å². The van der Waals surface area contributed by atoms with E-state index in [9.17, 15) is 9.18 Å². The number of aryl methyl sites for hydroxylation is 1. The van der Waals surface area contributed by atoms with Crippen LogP contribution in [0.1, 0.15) is 25.3 Å². The summed E-state index contributed by atoms with van der Waals surface area (Å²) in [6.45, 7) is 3.93. The van der Waals surface area contributed by atoms with Crippen LogP contribution in [0.2, 0.25) is 0 Å². The molecule has 1 aliphatic carbocycles. The number of halogens is 1. The SMILES string of the molecule is CCOC(=O)C(COc1ccc(C)c(F)c1)NC1CC1. The lowest BCUT2D eigenvalue weighted by Crippen LogP contribution is -2.43. The average Bonchev–Trinajstić information content (AvgIpc) is 3.22. The van der Waals surface area contributed by atoms with Crippen LogP contribution in [0.5, 0.6) is 5.75 Å². The fourth-order valence-electron chi connectivity index (χ4n) is 1.80. The molecular formula is C15H20FNO3. The van der Waals surface area contributed by atoms with E-state index in [-0.39, 0.29) is 18.4 Å². The van der Waals surface area contributed by atoms with Crippen molar-refractivity contribution < 1.29 is 18.7 Å². The normalized spacial score (nSPS) is 15.8. The van der Waals surface area contributed by atoms with Gasteiger partial charge in [-0.15, -0.1) is 0 Å². The number of hydrogen-bond acceptors (Lipinski definition) is 4. The Morgan fingerprint density at radius 3 is 2.85 bits per heavy atom. The van der Waals surface area contributed by atoms with E-state index in [1.165, 1.54) is 6.07 Å². The minimum Gasteiger partial charge on any atom is -0.491 e. The summed E-state index contributed by atoms with van der Waals surface area (Å²) < 4.78 is 23.9. The Kier molecular flexibility index (Phi) is 4.95. The molecule has 1 aromatic carbocycles. The molecule has 4 nitrogen and oxygen atoms in total. The molecular weight excluding hydrogens is 261 g/mol. The third kappa shape index (κ3) is 4.20. The van der Waals surface area contributed by atoms with Gasteiger partial charge >= 0.3 is 5.97 Å². The number of benzene rings is 1. The summed E-state index contributed by atoms with van der Waals surface area (Å²) in [5.74, 6) is -0.225. The Bertz CT molecular complexity index is 474. The van der Waals surface area contributed by atoms with Crippen LogP contribution in [-0.4, -0.2) is 31.3 Å². The predicted octanol–water partition coefficient (Wildman–Crippen LogP) is 2.20. The molecule has 1 N–H and O–H groups in total. The van der Waals surface area contributed by atoms with Crippen molar-refractivity contribution in [3.05, 3.63) is 29.6 Å². The van der Waals surface area contributed by atoms with Crippen LogP contribution in [0.15, 0.2) is 18.2 Å². The first kappa shape index (κ1) is 14.8. The number of nitrogens with one attached hydrogen (secondary N) is 1. The minimum atomic E-state index is -0.508. The van der Waals surface area contributed by atoms with Crippen molar-refractivity contribution in [3.63, 3.8) is 0 Å². The molecule has 1 unspecified atom stereocenters. The Hall–Kier alpha value is -1.62. The van der Waals surface area contributed by atoms with Crippen molar-refractivity contribution in [2.45, 2.75) is 38.8 Å². The van der Waals surface area contributed by atoms with Gasteiger partial charge in [0.1, 0.15) is 24.2 Å². The molecule has 1 atom stereocenters. The van der Waals surface area contributed by atoms with Gasteiger partial charge in [-0.2, -0.15) is 0 Å². The smallest absolute Gasteiger partial charge is 0.326 e. The molecule has 1 saturated carbocycles. The van der Waals surface area contributed by atoms with Crippen LogP contribution >= 0.6 is 0 Å². The van der Waals surface area contributed by atoms with Crippen molar-refractivity contribution in [2.75, 3.05) is 13.2 Å². The maximum atomic E-state index is 13.4. The van der Waals surface area contributed by atoms with Crippen LogP contribution in [0.3, 0.4) is 0 Å². The van der Waals surface area contributed by atoms with Gasteiger partial charge < -0.3 is 9.47 Å². The van der Waals surface area contributed by atoms with E-state index in [2.05, 4.69) is 5.32 Å². The molecule has 1 aliphatic rings. The van der Waals surface area contributed by atoms with E-state index in [1.54, 1.807) is 26.0 Å². The zero-order valence-corrected chi connectivity index (χ0v) is 11.8. The zero-order valence-electron chi connectivity index (χ0n) is 11.8. The average molecular weight is 281 g/mol. The molecule has 0 spiro atoms. The van der Waals surface area contributed by atoms with E-state index in [4.69, 9.17) is 9.47 Å². The molecule has 1 fully saturated rings. The quantitative estimate of drug-likeness (QED) is 0.778. The predicted molar refractivity (Wildman–Crippen MR) is 73.2 cm³/mol. The first-order valence-electron chi connectivity index (χ1n) is 6.91. The fourth-order valence-corrected chi connectivity index (χ4v) is 1.80. The largest absolute Gasteiger partial charge is 0.491 e. The number of hydrogen-bond donors (Lipinski definition) is 1. The van der Waals surface area contributed by atoms with Gasteiger partial charge in [0.05, 0.1) is 6.61 Å². The van der Waals surface area contributed by atoms with Crippen molar-refractivity contribution in [2.24, 2.45) is 0 Å². The standard InChI is InChI=1S/C15H20FNO3/c1-3-19-15(18)14(17-11-5-6-11)9-20-12-7-4-10(2)13(16)8-12/h4,7-8,11,14,17H,3,5-6,9H2,1-2H3. The van der Waals surface area contributed by atoms with Gasteiger partial charge in [0.15, 0.2) is 0 Å². The van der Waals surface area contributed by atoms with Crippen molar-refractivity contribution in [3.8, 4) is 5.75 Å². The van der Waals surface area contributed by atoms with Gasteiger partial charge in [-0.1, -0.05) is 6.07 Å². The van der Waals surface area contributed by atoms with Crippen LogP contribution in [0.4, 0.5) is 4.39 Å². The topological polar surface area (TPSA) is 47.6 Å². The second kappa shape index (κ2) is 6.70. The summed E-state index contributed by atoms with van der Waals surface area (Å²) in [6, 6.07) is 4.53. The molecule has 0 heterocycles. The number of carbonyl (C=O) groups excluding carboxylic acids is 1. The molecule has 0 bridgehead atoms. The summed E-state index contributed by atoms with van der Waals surface area (Å²) in [4.78, 5) is 11.8. The highest BCUT2D eigenvalue weighted by molar-refractivity contribution is 5.76. The molecule has 0 aliphatic heterocycles. The highest BCUT2D eigenvalue weighted by atomic mass is 19.1. The molecule has 0 saturated heterocycles. The molecule has 0 radical (unpaired) electrons. The van der Waals surface area contributed by atoms with E-state index >= 15 is 0 Å². The Morgan fingerprint density at radius 1 is 1.50 bits per heavy atom. The lowest BCUT2D eigenvalue weighted by molar-refractivity contribution is -0.146. The van der Waals surface area contributed by atoms with Crippen LogP contribution in [0.25, 0.3) is 0 Å². The first-order chi connectivity index (χ1) is 9.60. The minimum absolute atomic E-state index is 0.137. The Balaban J connectivity index is 1.92. The number of ether oxygens (including phenoxy) is 2. The van der Waals surface area contributed by atoms with E-state index in [0.29, 0.717) is 24.0 Å². The molecule has 0 amide bonds. The van der Waals surface area contributed by atoms with Gasteiger partial charge in [-0.05, 0) is 38.3 Å². The maximum Gasteiger partial charge on any atom is 0.326 e. The number of esters is 1. The van der Waals surface area contributed by atoms with Crippen LogP contribution in [0, 0.1) is 12.7 Å². The zero-order chi connectivity index (χ0) is 14.5. The second-order valence-electron chi connectivity index (χ2n) is 4.97. The lowest BCUT2D eigenvalue weighted by Gasteiger charge is -2.17. The van der Waals surface area contributed by atoms with Crippen molar-refractivity contribution in [1.29, 1.82) is 0 Å². The third-order valence-corrected chi connectivity index (χ3v) is 3.15. The second-order valence-corrected chi connectivity index (χ2v) is 4.97. The third-order valence-electron chi connectivity index (χ3n) is 3.15. The molecule has 5 heteroatoms. The van der Waals surface area contributed by atoms with Crippen LogP contribution in [-0.2, 0) is 9.53 Å². The van der Waals surface area contributed by atoms with Gasteiger partial charge in [-0.25, -0.2) is 4.39 Å². The Morgan fingerprint density at radius 2 is 2.25 bits per heavy atom. The number of rotatable bonds is 7. The molecule has 2 rings (SSSR count). The molecule has 0 aromatic heterocycles. The highest BCUT2D eigenvalue weighted by Gasteiger charge is 2.29. The van der Waals surface area contributed by atoms with E-state index in [1.807, 2.05) is 0 Å². The van der Waals surface area contributed by atoms with Gasteiger partial charge in [0.25, 0.3) is 0 Å². The monoisotopic (exact) mass is 281 g/mol. The first-order valence-corrected chi connectivity index (χ1v) is 6.91. The summed E-state index contributed by atoms with van der Waals surface area (Å²) in [7, 11) is 0. The summed E-state index contributed by atoms with van der Waals surface area (Å²) in [5.41, 5.74) is 0.565. The van der Waals surface area contributed by atoms with Crippen molar-refractivity contribution >= 4 is 5.97 Å². The Labute approximate surface area is 118 Å². The molecule has 1 aromatic rings. The summed E-state index contributed by atoms with van der Waals surface area (Å²) in [5, 5.41) is 3.18. The summed E-state index contributed by atoms with van der Waals surface area (Å²) in [6.07, 6.45) is 2.13. The highest BCUT2D eigenvalue weighted by Crippen LogP contribution is 2.20. The molecule has 110 valence electrons. The lowest BCUT2D eigenvalue weighted by atomic mass is 10.2.